The number of carbonyl (C=O) groups excluding carboxylic acids is 3. The van der Waals surface area contributed by atoms with Crippen LogP contribution in [0.2, 0.25) is 0 Å². The molecule has 3 aromatic rings. The first kappa shape index (κ1) is 22.1. The maximum atomic E-state index is 13.0. The van der Waals surface area contributed by atoms with Crippen LogP contribution in [0.1, 0.15) is 29.0 Å². The van der Waals surface area contributed by atoms with E-state index in [-0.39, 0.29) is 30.2 Å². The maximum Gasteiger partial charge on any atom is 0.246 e. The van der Waals surface area contributed by atoms with Crippen LogP contribution in [0.15, 0.2) is 64.3 Å². The van der Waals surface area contributed by atoms with Crippen LogP contribution in [0.4, 0.5) is 0 Å². The highest BCUT2D eigenvalue weighted by Crippen LogP contribution is 2.27. The third-order valence-electron chi connectivity index (χ3n) is 5.60. The number of fused-ring (bicyclic) bond motifs is 1. The van der Waals surface area contributed by atoms with Gasteiger partial charge in [0.2, 0.25) is 11.8 Å². The number of carbonyl (C=O) groups is 3. The van der Waals surface area contributed by atoms with Crippen LogP contribution in [0, 0.1) is 0 Å². The number of halogens is 1. The number of hydrogen-bond donors (Lipinski definition) is 1. The molecule has 1 saturated heterocycles. The van der Waals surface area contributed by atoms with Crippen molar-refractivity contribution in [2.45, 2.75) is 31.8 Å². The van der Waals surface area contributed by atoms with Crippen molar-refractivity contribution in [2.24, 2.45) is 0 Å². The number of likely N-dealkylation sites (tertiary alicyclic amines) is 1. The fourth-order valence-corrected chi connectivity index (χ4v) is 4.30. The van der Waals surface area contributed by atoms with Gasteiger partial charge in [0.05, 0.1) is 12.3 Å². The fourth-order valence-electron chi connectivity index (χ4n) is 3.94. The Morgan fingerprint density at radius 2 is 2.06 bits per heavy atom. The first-order valence-electron chi connectivity index (χ1n) is 10.5. The number of ketones is 1. The highest BCUT2D eigenvalue weighted by Gasteiger charge is 2.30. The van der Waals surface area contributed by atoms with Crippen molar-refractivity contribution in [1.82, 2.24) is 14.8 Å². The summed E-state index contributed by atoms with van der Waals surface area (Å²) in [6.45, 7) is 4.53. The number of Topliss-reactive ketones (excluding diaryl/α,β-unsaturated/α-hetero) is 1. The van der Waals surface area contributed by atoms with Crippen molar-refractivity contribution in [3.63, 3.8) is 0 Å². The Kier molecular flexibility index (Phi) is 6.60. The lowest BCUT2D eigenvalue weighted by Crippen LogP contribution is -2.61. The molecule has 8 heteroatoms. The van der Waals surface area contributed by atoms with Crippen molar-refractivity contribution < 1.29 is 18.8 Å². The smallest absolute Gasteiger partial charge is 0.246 e. The highest BCUT2D eigenvalue weighted by molar-refractivity contribution is 9.10. The minimum atomic E-state index is -0.155. The first-order chi connectivity index (χ1) is 15.4. The predicted molar refractivity (Wildman–Crippen MR) is 124 cm³/mol. The molecule has 4 rings (SSSR count). The van der Waals surface area contributed by atoms with E-state index in [2.05, 4.69) is 27.8 Å². The van der Waals surface area contributed by atoms with E-state index in [9.17, 15) is 14.4 Å². The van der Waals surface area contributed by atoms with Crippen molar-refractivity contribution >= 4 is 44.4 Å². The number of amides is 2. The van der Waals surface area contributed by atoms with Crippen molar-refractivity contribution in [3.05, 3.63) is 71.2 Å². The van der Waals surface area contributed by atoms with E-state index in [1.165, 1.54) is 6.08 Å². The Hall–Kier alpha value is -3.13. The topological polar surface area (TPSA) is 84.5 Å². The standard InChI is InChI=1S/C24H24BrN3O4/c1-2-24(31)28-12-17(13-28)26-23(30)15-27-14-20(19-11-16(25)8-9-21(19)27)22(29)7-3-5-18-6-4-10-32-18/h2,4,6,8-11,14,17H,1,3,5,7,12-13,15H2,(H,26,30). The molecule has 1 aliphatic heterocycles. The van der Waals surface area contributed by atoms with Crippen LogP contribution in [-0.4, -0.2) is 46.2 Å². The van der Waals surface area contributed by atoms with Gasteiger partial charge < -0.3 is 19.2 Å². The largest absolute Gasteiger partial charge is 0.469 e. The fraction of sp³-hybridized carbons (Fsp3) is 0.292. The monoisotopic (exact) mass is 497 g/mol. The quantitative estimate of drug-likeness (QED) is 0.360. The van der Waals surface area contributed by atoms with Gasteiger partial charge >= 0.3 is 0 Å². The van der Waals surface area contributed by atoms with E-state index < -0.39 is 0 Å². The van der Waals surface area contributed by atoms with Crippen molar-refractivity contribution in [2.75, 3.05) is 13.1 Å². The van der Waals surface area contributed by atoms with E-state index in [4.69, 9.17) is 4.42 Å². The molecule has 32 heavy (non-hydrogen) atoms. The normalized spacial score (nSPS) is 13.7. The van der Waals surface area contributed by atoms with Crippen LogP contribution >= 0.6 is 15.9 Å². The Bertz CT molecular complexity index is 1160. The van der Waals surface area contributed by atoms with Gasteiger partial charge in [-0.2, -0.15) is 0 Å². The zero-order chi connectivity index (χ0) is 22.7. The van der Waals surface area contributed by atoms with Crippen LogP contribution < -0.4 is 5.32 Å². The van der Waals surface area contributed by atoms with E-state index in [0.29, 0.717) is 37.9 Å². The van der Waals surface area contributed by atoms with Gasteiger partial charge in [0, 0.05) is 53.1 Å². The molecule has 0 saturated carbocycles. The second-order valence-corrected chi connectivity index (χ2v) is 8.82. The Morgan fingerprint density at radius 3 is 2.78 bits per heavy atom. The van der Waals surface area contributed by atoms with Crippen LogP contribution in [-0.2, 0) is 22.6 Å². The number of furan rings is 1. The second-order valence-electron chi connectivity index (χ2n) is 7.90. The van der Waals surface area contributed by atoms with Crippen molar-refractivity contribution in [1.29, 1.82) is 0 Å². The van der Waals surface area contributed by atoms with Gasteiger partial charge in [-0.25, -0.2) is 0 Å². The summed E-state index contributed by atoms with van der Waals surface area (Å²) in [5.41, 5.74) is 1.44. The number of aromatic nitrogens is 1. The third kappa shape index (κ3) is 4.85. The van der Waals surface area contributed by atoms with E-state index >= 15 is 0 Å². The average Bonchev–Trinajstić information content (AvgIpc) is 3.38. The lowest BCUT2D eigenvalue weighted by Gasteiger charge is -2.38. The summed E-state index contributed by atoms with van der Waals surface area (Å²) >= 11 is 3.48. The molecule has 7 nitrogen and oxygen atoms in total. The summed E-state index contributed by atoms with van der Waals surface area (Å²) in [4.78, 5) is 38.7. The SMILES string of the molecule is C=CC(=O)N1CC(NC(=O)Cn2cc(C(=O)CCCc3ccco3)c3cc(Br)ccc32)C1. The molecule has 1 aliphatic rings. The second kappa shape index (κ2) is 9.56. The molecule has 0 unspecified atom stereocenters. The van der Waals surface area contributed by atoms with Gasteiger partial charge in [-0.3, -0.25) is 14.4 Å². The van der Waals surface area contributed by atoms with E-state index in [1.54, 1.807) is 17.4 Å². The Labute approximate surface area is 194 Å². The summed E-state index contributed by atoms with van der Waals surface area (Å²) in [6.07, 6.45) is 6.46. The highest BCUT2D eigenvalue weighted by atomic mass is 79.9. The van der Waals surface area contributed by atoms with Gasteiger partial charge in [0.15, 0.2) is 5.78 Å². The number of nitrogens with one attached hydrogen (secondary N) is 1. The maximum absolute atomic E-state index is 13.0. The Morgan fingerprint density at radius 1 is 1.25 bits per heavy atom. The first-order valence-corrected chi connectivity index (χ1v) is 11.3. The summed E-state index contributed by atoms with van der Waals surface area (Å²) in [6, 6.07) is 9.39. The average molecular weight is 498 g/mol. The summed E-state index contributed by atoms with van der Waals surface area (Å²) in [5, 5.41) is 3.77. The zero-order valence-corrected chi connectivity index (χ0v) is 19.1. The molecule has 166 valence electrons. The zero-order valence-electron chi connectivity index (χ0n) is 17.6. The molecule has 0 spiro atoms. The lowest BCUT2D eigenvalue weighted by molar-refractivity contribution is -0.133. The molecule has 0 atom stereocenters. The molecule has 2 aromatic heterocycles. The number of nitrogens with zero attached hydrogens (tertiary/aromatic N) is 2. The van der Waals surface area contributed by atoms with Crippen LogP contribution in [0.3, 0.4) is 0 Å². The lowest BCUT2D eigenvalue weighted by atomic mass is 10.0. The van der Waals surface area contributed by atoms with Gasteiger partial charge in [-0.1, -0.05) is 22.5 Å². The molecule has 1 fully saturated rings. The summed E-state index contributed by atoms with van der Waals surface area (Å²) in [7, 11) is 0. The molecular weight excluding hydrogens is 474 g/mol. The minimum Gasteiger partial charge on any atom is -0.469 e. The number of hydrogen-bond acceptors (Lipinski definition) is 4. The summed E-state index contributed by atoms with van der Waals surface area (Å²) < 4.78 is 8.02. The van der Waals surface area contributed by atoms with E-state index in [0.717, 1.165) is 21.1 Å². The van der Waals surface area contributed by atoms with Gasteiger partial charge in [-0.15, -0.1) is 0 Å². The Balaban J connectivity index is 1.43. The van der Waals surface area contributed by atoms with Crippen LogP contribution in [0.25, 0.3) is 10.9 Å². The van der Waals surface area contributed by atoms with Gasteiger partial charge in [0.1, 0.15) is 12.3 Å². The van der Waals surface area contributed by atoms with Crippen LogP contribution in [0.5, 0.6) is 0 Å². The predicted octanol–water partition coefficient (Wildman–Crippen LogP) is 3.72. The molecule has 1 aromatic carbocycles. The molecule has 0 radical (unpaired) electrons. The number of rotatable bonds is 9. The number of aryl methyl sites for hydroxylation is 1. The van der Waals surface area contributed by atoms with Crippen molar-refractivity contribution in [3.8, 4) is 0 Å². The molecule has 0 bridgehead atoms. The molecule has 1 N–H and O–H groups in total. The van der Waals surface area contributed by atoms with Gasteiger partial charge in [0.25, 0.3) is 0 Å². The molecular formula is C24H24BrN3O4. The molecule has 3 heterocycles. The van der Waals surface area contributed by atoms with Gasteiger partial charge in [-0.05, 0) is 42.8 Å². The third-order valence-corrected chi connectivity index (χ3v) is 6.09. The molecule has 2 amide bonds. The minimum absolute atomic E-state index is 0.0383. The molecule has 0 aliphatic carbocycles. The summed E-state index contributed by atoms with van der Waals surface area (Å²) in [5.74, 6) is 0.616. The van der Waals surface area contributed by atoms with E-state index in [1.807, 2.05) is 34.9 Å². The number of benzene rings is 1.